The molecule has 0 aliphatic rings. The number of carbonyl (C=O) groups is 4. The number of esters is 1. The van der Waals surface area contributed by atoms with Gasteiger partial charge in [-0.1, -0.05) is 31.9 Å². The predicted octanol–water partition coefficient (Wildman–Crippen LogP) is 2.30. The number of alkyl halides is 2. The Morgan fingerprint density at radius 1 is 0.696 bits per heavy atom. The first kappa shape index (κ1) is 65.6. The lowest BCUT2D eigenvalue weighted by atomic mass is 10.0. The maximum absolute atomic E-state index is 13.6. The third-order valence-electron chi connectivity index (χ3n) is 7.61. The number of amides is 3. The van der Waals surface area contributed by atoms with Crippen LogP contribution in [0.4, 0.5) is 5.69 Å². The van der Waals surface area contributed by atoms with Crippen LogP contribution in [-0.4, -0.2) is 105 Å². The van der Waals surface area contributed by atoms with E-state index in [-0.39, 0.29) is 119 Å². The number of benzene rings is 1. The molecule has 24 heteroatoms. The molecular weight excluding hydrogens is 902 g/mol. The van der Waals surface area contributed by atoms with E-state index < -0.39 is 47.9 Å². The normalized spacial score (nSPS) is 11.7. The minimum absolute atomic E-state index is 0. The highest BCUT2D eigenvalue weighted by Gasteiger charge is 2.30. The lowest BCUT2D eigenvalue weighted by Crippen LogP contribution is -2.57. The Bertz CT molecular complexity index is 1260. The number of hydrogen-bond donors (Lipinski definition) is 8. The number of carbonyl (C=O) groups excluding carboxylic acids is 4. The summed E-state index contributed by atoms with van der Waals surface area (Å²) in [5.41, 5.74) is 29.3. The summed E-state index contributed by atoms with van der Waals surface area (Å²) >= 11 is 11.9. The van der Waals surface area contributed by atoms with Gasteiger partial charge in [-0.15, -0.1) is 97.6 Å². The summed E-state index contributed by atoms with van der Waals surface area (Å²) in [6, 6.07) is 3.46. The first-order valence-electron chi connectivity index (χ1n) is 16.7. The Morgan fingerprint density at radius 2 is 1.12 bits per heavy atom. The summed E-state index contributed by atoms with van der Waals surface area (Å²) in [6.07, 6.45) is 2.99. The molecule has 0 heterocycles. The zero-order chi connectivity index (χ0) is 37.5. The Labute approximate surface area is 377 Å². The van der Waals surface area contributed by atoms with Gasteiger partial charge in [-0.2, -0.15) is 0 Å². The average molecular weight is 964 g/mol. The maximum Gasteiger partial charge on any atom is 0.328 e. The van der Waals surface area contributed by atoms with Gasteiger partial charge in [0.2, 0.25) is 17.7 Å². The Balaban J connectivity index is -0.00000104. The van der Waals surface area contributed by atoms with Gasteiger partial charge in [0.05, 0.1) is 13.2 Å². The minimum atomic E-state index is -1.05. The van der Waals surface area contributed by atoms with Gasteiger partial charge in [0.25, 0.3) is 0 Å². The number of hydrogen-bond acceptors (Lipinski definition) is 9. The van der Waals surface area contributed by atoms with Crippen molar-refractivity contribution in [2.24, 2.45) is 38.7 Å². The fourth-order valence-corrected chi connectivity index (χ4v) is 5.32. The van der Waals surface area contributed by atoms with Crippen LogP contribution < -0.4 is 49.5 Å². The first-order chi connectivity index (χ1) is 23.9. The van der Waals surface area contributed by atoms with E-state index in [1.165, 1.54) is 7.11 Å². The molecule has 16 nitrogen and oxygen atoms in total. The number of unbranched alkanes of at least 4 members (excludes halogenated alkanes) is 1. The maximum atomic E-state index is 13.6. The Morgan fingerprint density at radius 3 is 1.55 bits per heavy atom. The lowest BCUT2D eigenvalue weighted by molar-refractivity contribution is -0.145. The van der Waals surface area contributed by atoms with Crippen molar-refractivity contribution in [3.8, 4) is 0 Å². The molecule has 1 aromatic carbocycles. The van der Waals surface area contributed by atoms with Gasteiger partial charge in [-0.05, 0) is 49.8 Å². The van der Waals surface area contributed by atoms with Crippen LogP contribution in [0.25, 0.3) is 0 Å². The molecule has 3 amide bonds. The van der Waals surface area contributed by atoms with Gasteiger partial charge in [0.15, 0.2) is 11.9 Å². The number of nitrogens with one attached hydrogen (secondary N) is 3. The summed E-state index contributed by atoms with van der Waals surface area (Å²) in [5.74, 6) is -1.68. The zero-order valence-electron chi connectivity index (χ0n) is 31.5. The van der Waals surface area contributed by atoms with Gasteiger partial charge in [-0.3, -0.25) is 24.4 Å². The number of ether oxygens (including phenoxy) is 1. The number of methoxy groups -OCH3 is 1. The third-order valence-corrected chi connectivity index (χ3v) is 7.95. The molecule has 1 aromatic rings. The zero-order valence-corrected chi connectivity index (χ0v) is 37.9. The largest absolute Gasteiger partial charge is 0.467 e. The number of nitrogens with zero attached hydrogens (tertiary/aromatic N) is 3. The van der Waals surface area contributed by atoms with Crippen LogP contribution in [0.3, 0.4) is 0 Å². The summed E-state index contributed by atoms with van der Waals surface area (Å²) in [6.45, 7) is 3.69. The highest BCUT2D eigenvalue weighted by molar-refractivity contribution is 6.18. The molecule has 0 unspecified atom stereocenters. The van der Waals surface area contributed by atoms with E-state index in [0.29, 0.717) is 50.7 Å². The lowest BCUT2D eigenvalue weighted by Gasteiger charge is -2.26. The van der Waals surface area contributed by atoms with E-state index in [2.05, 4.69) is 25.9 Å². The number of rotatable bonds is 25. The minimum Gasteiger partial charge on any atom is -0.467 e. The molecule has 56 heavy (non-hydrogen) atoms. The molecule has 0 bridgehead atoms. The van der Waals surface area contributed by atoms with Gasteiger partial charge in [0, 0.05) is 50.0 Å². The van der Waals surface area contributed by atoms with Crippen LogP contribution in [0.15, 0.2) is 34.3 Å². The molecule has 4 atom stereocenters. The molecular formula is C32H61Cl8N11O5. The third kappa shape index (κ3) is 27.4. The fourth-order valence-electron chi connectivity index (χ4n) is 4.91. The Kier molecular flexibility index (Phi) is 44.8. The highest BCUT2D eigenvalue weighted by Crippen LogP contribution is 2.17. The predicted molar refractivity (Wildman–Crippen MR) is 242 cm³/mol. The molecule has 13 N–H and O–H groups in total. The summed E-state index contributed by atoms with van der Waals surface area (Å²) < 4.78 is 4.99. The van der Waals surface area contributed by atoms with Crippen molar-refractivity contribution < 1.29 is 23.9 Å². The van der Waals surface area contributed by atoms with Gasteiger partial charge in [-0.25, -0.2) is 4.79 Å². The highest BCUT2D eigenvalue weighted by atomic mass is 35.5. The molecule has 1 rings (SSSR count). The van der Waals surface area contributed by atoms with Gasteiger partial charge >= 0.3 is 5.97 Å². The molecule has 0 fully saturated rings. The van der Waals surface area contributed by atoms with Crippen LogP contribution in [0.1, 0.15) is 57.4 Å². The van der Waals surface area contributed by atoms with Crippen LogP contribution in [0.2, 0.25) is 0 Å². The van der Waals surface area contributed by atoms with Crippen molar-refractivity contribution in [3.63, 3.8) is 0 Å². The second-order valence-electron chi connectivity index (χ2n) is 11.6. The number of nitrogens with two attached hydrogens (primary N) is 5. The standard InChI is InChI=1S/C32H55Cl2N11O5.6ClH/c1-3-4-8-24(29(48)44-26(30(49)50-2)20-21-10-12-22(13-11-21)45(18-14-33)19-15-34)43-28(47)25(9-6-17-41-32(38)39)42-27(46)23(35)7-5-16-40-31(36)37;;;;;;/h10-13,23-26H,3-9,14-20,35H2,1-2H3,(H,42,46)(H,43,47)(H,44,48)(H4,36,37,40)(H4,38,39,41);6*1H/t23-,24-,25-,26-;;;;;;/m0....../s1. The molecule has 330 valence electrons. The fraction of sp³-hybridized carbons (Fsp3) is 0.625. The van der Waals surface area contributed by atoms with E-state index in [9.17, 15) is 19.2 Å². The number of guanidine groups is 2. The SMILES string of the molecule is CCCC[C@H](NC(=O)[C@H](CCCN=C(N)N)NC(=O)[C@@H](N)CCCN=C(N)N)C(=O)N[C@@H](Cc1ccc(N(CCCl)CCCl)cc1)C(=O)OC.Cl.Cl.Cl.Cl.Cl.Cl. The van der Waals surface area contributed by atoms with Gasteiger partial charge < -0.3 is 54.3 Å². The summed E-state index contributed by atoms with van der Waals surface area (Å²) in [7, 11) is 1.23. The molecule has 0 saturated heterocycles. The summed E-state index contributed by atoms with van der Waals surface area (Å²) in [4.78, 5) is 62.8. The van der Waals surface area contributed by atoms with E-state index >= 15 is 0 Å². The Hall–Kier alpha value is -2.28. The van der Waals surface area contributed by atoms with Crippen molar-refractivity contribution >= 4 is 139 Å². The van der Waals surface area contributed by atoms with Crippen LogP contribution in [0.5, 0.6) is 0 Å². The van der Waals surface area contributed by atoms with E-state index in [0.717, 1.165) is 17.7 Å². The van der Waals surface area contributed by atoms with Crippen LogP contribution in [-0.2, 0) is 30.3 Å². The smallest absolute Gasteiger partial charge is 0.328 e. The first-order valence-corrected chi connectivity index (χ1v) is 17.7. The van der Waals surface area contributed by atoms with Crippen molar-refractivity contribution in [2.45, 2.75) is 82.5 Å². The van der Waals surface area contributed by atoms with Crippen molar-refractivity contribution in [3.05, 3.63) is 29.8 Å². The second-order valence-corrected chi connectivity index (χ2v) is 12.3. The summed E-state index contributed by atoms with van der Waals surface area (Å²) in [5, 5.41) is 8.20. The average Bonchev–Trinajstić information content (AvgIpc) is 3.08. The van der Waals surface area contributed by atoms with Crippen LogP contribution in [0, 0.1) is 0 Å². The van der Waals surface area contributed by atoms with Gasteiger partial charge in [0.1, 0.15) is 18.1 Å². The quantitative estimate of drug-likeness (QED) is 0.0232. The van der Waals surface area contributed by atoms with Crippen molar-refractivity contribution in [2.75, 3.05) is 49.9 Å². The molecule has 0 saturated carbocycles. The second kappa shape index (κ2) is 38.2. The van der Waals surface area contributed by atoms with Crippen molar-refractivity contribution in [1.82, 2.24) is 16.0 Å². The monoisotopic (exact) mass is 959 g/mol. The molecule has 0 aromatic heterocycles. The molecule has 0 aliphatic heterocycles. The van der Waals surface area contributed by atoms with E-state index in [1.54, 1.807) is 0 Å². The van der Waals surface area contributed by atoms with E-state index in [1.807, 2.05) is 36.1 Å². The molecule has 0 aliphatic carbocycles. The van der Waals surface area contributed by atoms with Crippen molar-refractivity contribution in [1.29, 1.82) is 0 Å². The topological polar surface area (TPSA) is 272 Å². The van der Waals surface area contributed by atoms with E-state index in [4.69, 9.17) is 56.6 Å². The number of anilines is 1. The molecule has 0 spiro atoms. The number of halogens is 8. The number of aliphatic imine (C=N–C) groups is 2. The molecule has 0 radical (unpaired) electrons. The van der Waals surface area contributed by atoms with Crippen LogP contribution >= 0.6 is 97.6 Å².